The highest BCUT2D eigenvalue weighted by molar-refractivity contribution is 5.86. The molecule has 0 aliphatic heterocycles. The second kappa shape index (κ2) is 4.50. The SMILES string of the molecule is N#Cc1cc(NC2CC=CC2)nc2ccccc12. The minimum atomic E-state index is 0.408. The van der Waals surface area contributed by atoms with Crippen molar-refractivity contribution in [3.8, 4) is 6.07 Å². The molecule has 0 fully saturated rings. The summed E-state index contributed by atoms with van der Waals surface area (Å²) in [5.41, 5.74) is 1.54. The van der Waals surface area contributed by atoms with Crippen LogP contribution in [0, 0.1) is 11.3 Å². The fourth-order valence-corrected chi connectivity index (χ4v) is 2.29. The standard InChI is InChI=1S/C15H13N3/c16-10-11-9-15(17-12-5-1-2-6-12)18-14-8-4-3-7-13(11)14/h1-4,7-9,12H,5-6H2,(H,17,18). The molecule has 3 heteroatoms. The molecule has 0 saturated heterocycles. The Morgan fingerprint density at radius 1 is 1.22 bits per heavy atom. The zero-order chi connectivity index (χ0) is 12.4. The van der Waals surface area contributed by atoms with Crippen LogP contribution in [-0.4, -0.2) is 11.0 Å². The zero-order valence-corrected chi connectivity index (χ0v) is 9.93. The summed E-state index contributed by atoms with van der Waals surface area (Å²) in [5, 5.41) is 13.5. The number of nitriles is 1. The van der Waals surface area contributed by atoms with Crippen molar-refractivity contribution in [2.24, 2.45) is 0 Å². The maximum absolute atomic E-state index is 9.20. The molecule has 2 aromatic rings. The highest BCUT2D eigenvalue weighted by atomic mass is 15.0. The molecule has 1 aliphatic carbocycles. The van der Waals surface area contributed by atoms with Gasteiger partial charge in [-0.1, -0.05) is 30.4 Å². The van der Waals surface area contributed by atoms with E-state index in [2.05, 4.69) is 28.5 Å². The maximum Gasteiger partial charge on any atom is 0.128 e. The van der Waals surface area contributed by atoms with E-state index in [4.69, 9.17) is 0 Å². The van der Waals surface area contributed by atoms with Gasteiger partial charge in [0.1, 0.15) is 5.82 Å². The van der Waals surface area contributed by atoms with E-state index >= 15 is 0 Å². The predicted molar refractivity (Wildman–Crippen MR) is 72.2 cm³/mol. The Morgan fingerprint density at radius 2 is 2.00 bits per heavy atom. The predicted octanol–water partition coefficient (Wildman–Crippen LogP) is 3.24. The summed E-state index contributed by atoms with van der Waals surface area (Å²) < 4.78 is 0. The van der Waals surface area contributed by atoms with Gasteiger partial charge >= 0.3 is 0 Å². The second-order valence-electron chi connectivity index (χ2n) is 4.47. The van der Waals surface area contributed by atoms with Crippen LogP contribution in [0.25, 0.3) is 10.9 Å². The van der Waals surface area contributed by atoms with E-state index in [0.29, 0.717) is 11.6 Å². The van der Waals surface area contributed by atoms with Crippen LogP contribution in [0.3, 0.4) is 0 Å². The Labute approximate surface area is 106 Å². The summed E-state index contributed by atoms with van der Waals surface area (Å²) in [4.78, 5) is 4.56. The van der Waals surface area contributed by atoms with Crippen LogP contribution in [0.1, 0.15) is 18.4 Å². The van der Waals surface area contributed by atoms with Crippen molar-refractivity contribution in [1.29, 1.82) is 5.26 Å². The molecule has 1 aromatic carbocycles. The highest BCUT2D eigenvalue weighted by Gasteiger charge is 2.12. The fourth-order valence-electron chi connectivity index (χ4n) is 2.29. The molecule has 88 valence electrons. The van der Waals surface area contributed by atoms with E-state index in [1.165, 1.54) is 0 Å². The average Bonchev–Trinajstić information content (AvgIpc) is 2.90. The van der Waals surface area contributed by atoms with E-state index < -0.39 is 0 Å². The lowest BCUT2D eigenvalue weighted by molar-refractivity contribution is 0.782. The number of rotatable bonds is 2. The summed E-state index contributed by atoms with van der Waals surface area (Å²) in [6.07, 6.45) is 6.39. The number of pyridine rings is 1. The first kappa shape index (κ1) is 10.8. The summed E-state index contributed by atoms with van der Waals surface area (Å²) in [5.74, 6) is 0.791. The van der Waals surface area contributed by atoms with Crippen molar-refractivity contribution in [2.45, 2.75) is 18.9 Å². The lowest BCUT2D eigenvalue weighted by Gasteiger charge is -2.13. The summed E-state index contributed by atoms with van der Waals surface area (Å²) in [6, 6.07) is 12.2. The quantitative estimate of drug-likeness (QED) is 0.813. The van der Waals surface area contributed by atoms with Crippen LogP contribution >= 0.6 is 0 Å². The molecule has 1 heterocycles. The fraction of sp³-hybridized carbons (Fsp3) is 0.200. The van der Waals surface area contributed by atoms with Gasteiger partial charge in [-0.25, -0.2) is 4.98 Å². The summed E-state index contributed by atoms with van der Waals surface area (Å²) >= 11 is 0. The second-order valence-corrected chi connectivity index (χ2v) is 4.47. The third-order valence-corrected chi connectivity index (χ3v) is 3.20. The Bertz CT molecular complexity index is 644. The Balaban J connectivity index is 2.00. The Morgan fingerprint density at radius 3 is 2.78 bits per heavy atom. The van der Waals surface area contributed by atoms with Crippen molar-refractivity contribution < 1.29 is 0 Å². The molecule has 0 amide bonds. The molecule has 0 saturated carbocycles. The van der Waals surface area contributed by atoms with Crippen LogP contribution in [0.5, 0.6) is 0 Å². The van der Waals surface area contributed by atoms with E-state index in [1.54, 1.807) is 0 Å². The number of aromatic nitrogens is 1. The molecular weight excluding hydrogens is 222 g/mol. The van der Waals surface area contributed by atoms with Crippen LogP contribution < -0.4 is 5.32 Å². The molecular formula is C15H13N3. The average molecular weight is 235 g/mol. The Kier molecular flexibility index (Phi) is 2.70. The first-order valence-corrected chi connectivity index (χ1v) is 6.08. The minimum absolute atomic E-state index is 0.408. The molecule has 1 aliphatic rings. The molecule has 0 atom stereocenters. The molecule has 0 radical (unpaired) electrons. The number of hydrogen-bond acceptors (Lipinski definition) is 3. The van der Waals surface area contributed by atoms with Gasteiger partial charge in [0.15, 0.2) is 0 Å². The van der Waals surface area contributed by atoms with Crippen molar-refractivity contribution >= 4 is 16.7 Å². The van der Waals surface area contributed by atoms with Gasteiger partial charge in [-0.2, -0.15) is 5.26 Å². The molecule has 1 aromatic heterocycles. The first-order valence-electron chi connectivity index (χ1n) is 6.08. The minimum Gasteiger partial charge on any atom is -0.367 e. The molecule has 0 bridgehead atoms. The largest absolute Gasteiger partial charge is 0.367 e. The number of fused-ring (bicyclic) bond motifs is 1. The number of para-hydroxylation sites is 1. The van der Waals surface area contributed by atoms with Crippen LogP contribution in [0.2, 0.25) is 0 Å². The summed E-state index contributed by atoms with van der Waals surface area (Å²) in [6.45, 7) is 0. The topological polar surface area (TPSA) is 48.7 Å². The van der Waals surface area contributed by atoms with E-state index in [9.17, 15) is 5.26 Å². The van der Waals surface area contributed by atoms with Crippen LogP contribution in [0.4, 0.5) is 5.82 Å². The van der Waals surface area contributed by atoms with E-state index in [1.807, 2.05) is 30.3 Å². The van der Waals surface area contributed by atoms with Gasteiger partial charge in [0.05, 0.1) is 17.1 Å². The van der Waals surface area contributed by atoms with E-state index in [-0.39, 0.29) is 0 Å². The van der Waals surface area contributed by atoms with Crippen molar-refractivity contribution in [3.63, 3.8) is 0 Å². The zero-order valence-electron chi connectivity index (χ0n) is 9.93. The molecule has 3 nitrogen and oxygen atoms in total. The normalized spacial score (nSPS) is 14.8. The number of nitrogens with zero attached hydrogens (tertiary/aromatic N) is 2. The number of nitrogens with one attached hydrogen (secondary N) is 1. The van der Waals surface area contributed by atoms with Gasteiger partial charge in [0.2, 0.25) is 0 Å². The number of benzene rings is 1. The third kappa shape index (κ3) is 1.93. The molecule has 1 N–H and O–H groups in total. The van der Waals surface area contributed by atoms with Crippen molar-refractivity contribution in [1.82, 2.24) is 4.98 Å². The van der Waals surface area contributed by atoms with Crippen molar-refractivity contribution in [2.75, 3.05) is 5.32 Å². The van der Waals surface area contributed by atoms with Gasteiger partial charge in [-0.15, -0.1) is 0 Å². The van der Waals surface area contributed by atoms with Crippen LogP contribution in [0.15, 0.2) is 42.5 Å². The van der Waals surface area contributed by atoms with Gasteiger partial charge in [-0.05, 0) is 25.0 Å². The Hall–Kier alpha value is -2.34. The molecule has 3 rings (SSSR count). The molecule has 0 unspecified atom stereocenters. The van der Waals surface area contributed by atoms with Gasteiger partial charge in [0.25, 0.3) is 0 Å². The number of anilines is 1. The maximum atomic E-state index is 9.20. The van der Waals surface area contributed by atoms with Crippen LogP contribution in [-0.2, 0) is 0 Å². The molecule has 18 heavy (non-hydrogen) atoms. The monoisotopic (exact) mass is 235 g/mol. The van der Waals surface area contributed by atoms with E-state index in [0.717, 1.165) is 29.6 Å². The smallest absolute Gasteiger partial charge is 0.128 e. The van der Waals surface area contributed by atoms with Gasteiger partial charge in [-0.3, -0.25) is 0 Å². The lowest BCUT2D eigenvalue weighted by Crippen LogP contribution is -2.16. The lowest BCUT2D eigenvalue weighted by atomic mass is 10.1. The highest BCUT2D eigenvalue weighted by Crippen LogP contribution is 2.22. The first-order chi connectivity index (χ1) is 8.86. The van der Waals surface area contributed by atoms with Crippen molar-refractivity contribution in [3.05, 3.63) is 48.0 Å². The summed E-state index contributed by atoms with van der Waals surface area (Å²) in [7, 11) is 0. The molecule has 0 spiro atoms. The van der Waals surface area contributed by atoms with Gasteiger partial charge in [0, 0.05) is 11.4 Å². The van der Waals surface area contributed by atoms with Gasteiger partial charge < -0.3 is 5.32 Å². The third-order valence-electron chi connectivity index (χ3n) is 3.20. The number of hydrogen-bond donors (Lipinski definition) is 1.